The quantitative estimate of drug-likeness (QED) is 0.460. The SMILES string of the molecule is [C-]#[N+]c1csc(-c2ccc(OCc3c(C)cccc3-n3nnn(C)c3=O)c(C)c2)n1. The fourth-order valence-corrected chi connectivity index (χ4v) is 3.81. The molecule has 0 aliphatic carbocycles. The molecule has 0 atom stereocenters. The molecule has 30 heavy (non-hydrogen) atoms. The van der Waals surface area contributed by atoms with Crippen LogP contribution in [-0.4, -0.2) is 24.8 Å². The maximum absolute atomic E-state index is 12.3. The molecule has 2 heterocycles. The van der Waals surface area contributed by atoms with E-state index < -0.39 is 0 Å². The molecular weight excluding hydrogens is 400 g/mol. The van der Waals surface area contributed by atoms with Crippen molar-refractivity contribution in [2.24, 2.45) is 7.05 Å². The van der Waals surface area contributed by atoms with Gasteiger partial charge in [0.25, 0.3) is 5.82 Å². The van der Waals surface area contributed by atoms with Crippen LogP contribution >= 0.6 is 11.3 Å². The highest BCUT2D eigenvalue weighted by molar-refractivity contribution is 7.13. The summed E-state index contributed by atoms with van der Waals surface area (Å²) in [7, 11) is 1.56. The fourth-order valence-electron chi connectivity index (χ4n) is 3.08. The summed E-state index contributed by atoms with van der Waals surface area (Å²) in [6, 6.07) is 11.5. The highest BCUT2D eigenvalue weighted by Crippen LogP contribution is 2.31. The first kappa shape index (κ1) is 19.5. The van der Waals surface area contributed by atoms with E-state index in [1.165, 1.54) is 20.7 Å². The number of nitrogens with zero attached hydrogens (tertiary/aromatic N) is 6. The lowest BCUT2D eigenvalue weighted by Crippen LogP contribution is -2.23. The molecule has 0 fully saturated rings. The highest BCUT2D eigenvalue weighted by atomic mass is 32.1. The van der Waals surface area contributed by atoms with E-state index in [0.29, 0.717) is 11.5 Å². The average molecular weight is 418 g/mol. The van der Waals surface area contributed by atoms with Gasteiger partial charge in [0, 0.05) is 23.6 Å². The summed E-state index contributed by atoms with van der Waals surface area (Å²) >= 11 is 1.44. The Kier molecular flexibility index (Phi) is 5.16. The number of aromatic nitrogens is 5. The number of thiazole rings is 1. The maximum atomic E-state index is 12.3. The summed E-state index contributed by atoms with van der Waals surface area (Å²) in [5, 5.41) is 10.3. The number of ether oxygens (including phenoxy) is 1. The van der Waals surface area contributed by atoms with Gasteiger partial charge in [0.1, 0.15) is 12.4 Å². The Balaban J connectivity index is 1.61. The van der Waals surface area contributed by atoms with Crippen LogP contribution in [0.1, 0.15) is 16.7 Å². The van der Waals surface area contributed by atoms with Crippen LogP contribution in [0.3, 0.4) is 0 Å². The summed E-state index contributed by atoms with van der Waals surface area (Å²) in [5.74, 6) is 1.14. The van der Waals surface area contributed by atoms with Crippen molar-refractivity contribution in [3.8, 4) is 22.0 Å². The summed E-state index contributed by atoms with van der Waals surface area (Å²) in [6.45, 7) is 11.3. The molecule has 9 heteroatoms. The zero-order chi connectivity index (χ0) is 21.3. The normalized spacial score (nSPS) is 10.7. The number of hydrogen-bond acceptors (Lipinski definition) is 6. The molecule has 8 nitrogen and oxygen atoms in total. The first-order valence-corrected chi connectivity index (χ1v) is 10.0. The lowest BCUT2D eigenvalue weighted by atomic mass is 10.1. The van der Waals surface area contributed by atoms with E-state index >= 15 is 0 Å². The molecule has 0 unspecified atom stereocenters. The van der Waals surface area contributed by atoms with Crippen LogP contribution in [-0.2, 0) is 13.7 Å². The van der Waals surface area contributed by atoms with Crippen LogP contribution < -0.4 is 10.4 Å². The third kappa shape index (κ3) is 3.60. The summed E-state index contributed by atoms with van der Waals surface area (Å²) < 4.78 is 8.56. The molecule has 0 aliphatic rings. The minimum absolute atomic E-state index is 0.282. The van der Waals surface area contributed by atoms with Crippen molar-refractivity contribution < 1.29 is 4.74 Å². The highest BCUT2D eigenvalue weighted by Gasteiger charge is 2.15. The van der Waals surface area contributed by atoms with Gasteiger partial charge in [0.2, 0.25) is 5.01 Å². The zero-order valence-corrected chi connectivity index (χ0v) is 17.5. The lowest BCUT2D eigenvalue weighted by Gasteiger charge is -2.14. The molecular formula is C21H18N6O2S. The Morgan fingerprint density at radius 3 is 2.67 bits per heavy atom. The molecule has 2 aromatic heterocycles. The van der Waals surface area contributed by atoms with Gasteiger partial charge < -0.3 is 9.58 Å². The first-order valence-electron chi connectivity index (χ1n) is 9.12. The minimum atomic E-state index is -0.315. The van der Waals surface area contributed by atoms with Gasteiger partial charge in [-0.3, -0.25) is 0 Å². The fraction of sp³-hybridized carbons (Fsp3) is 0.190. The molecule has 0 bridgehead atoms. The molecule has 2 aromatic carbocycles. The summed E-state index contributed by atoms with van der Waals surface area (Å²) in [6.07, 6.45) is 0. The van der Waals surface area contributed by atoms with Crippen molar-refractivity contribution in [3.05, 3.63) is 80.4 Å². The Hall–Kier alpha value is -3.77. The standard InChI is InChI=1S/C21H18N6O2S/c1-13-6-5-7-17(27-21(28)26(4)24-25-27)16(13)11-29-18-9-8-15(10-14(18)2)20-23-19(22-3)12-30-20/h5-10,12H,11H2,1-2,4H3. The van der Waals surface area contributed by atoms with Gasteiger partial charge in [-0.1, -0.05) is 18.7 Å². The van der Waals surface area contributed by atoms with E-state index in [9.17, 15) is 4.79 Å². The van der Waals surface area contributed by atoms with Crippen LogP contribution in [0.2, 0.25) is 0 Å². The van der Waals surface area contributed by atoms with Crippen LogP contribution in [0.25, 0.3) is 21.1 Å². The van der Waals surface area contributed by atoms with E-state index in [1.807, 2.05) is 50.2 Å². The largest absolute Gasteiger partial charge is 0.489 e. The van der Waals surface area contributed by atoms with Crippen molar-refractivity contribution >= 4 is 17.2 Å². The smallest absolute Gasteiger partial charge is 0.368 e. The number of tetrazole rings is 1. The molecule has 0 radical (unpaired) electrons. The summed E-state index contributed by atoms with van der Waals surface area (Å²) in [4.78, 5) is 20.0. The molecule has 0 spiro atoms. The molecule has 4 rings (SSSR count). The molecule has 4 aromatic rings. The van der Waals surface area contributed by atoms with Gasteiger partial charge in [0.15, 0.2) is 0 Å². The van der Waals surface area contributed by atoms with Gasteiger partial charge >= 0.3 is 5.69 Å². The Bertz CT molecular complexity index is 1330. The lowest BCUT2D eigenvalue weighted by molar-refractivity contribution is 0.302. The van der Waals surface area contributed by atoms with Gasteiger partial charge in [-0.05, 0) is 59.7 Å². The first-order chi connectivity index (χ1) is 14.5. The predicted molar refractivity (Wildman–Crippen MR) is 114 cm³/mol. The molecule has 0 N–H and O–H groups in total. The van der Waals surface area contributed by atoms with Crippen LogP contribution in [0.15, 0.2) is 46.6 Å². The Labute approximate surface area is 176 Å². The van der Waals surface area contributed by atoms with Gasteiger partial charge in [-0.15, -0.1) is 16.3 Å². The maximum Gasteiger partial charge on any atom is 0.368 e. The Morgan fingerprint density at radius 1 is 1.17 bits per heavy atom. The molecule has 0 saturated heterocycles. The van der Waals surface area contributed by atoms with Crippen molar-refractivity contribution in [1.82, 2.24) is 24.8 Å². The molecule has 150 valence electrons. The zero-order valence-electron chi connectivity index (χ0n) is 16.7. The summed E-state index contributed by atoms with van der Waals surface area (Å²) in [5.41, 5.74) is 4.10. The van der Waals surface area contributed by atoms with Gasteiger partial charge in [-0.2, -0.15) is 9.36 Å². The van der Waals surface area contributed by atoms with Crippen LogP contribution in [0.4, 0.5) is 5.82 Å². The predicted octanol–water partition coefficient (Wildman–Crippen LogP) is 3.84. The Morgan fingerprint density at radius 2 is 2.00 bits per heavy atom. The molecule has 0 aliphatic heterocycles. The van der Waals surface area contributed by atoms with E-state index in [2.05, 4.69) is 20.3 Å². The van der Waals surface area contributed by atoms with Gasteiger partial charge in [0.05, 0.1) is 5.69 Å². The molecule has 0 saturated carbocycles. The number of aryl methyl sites for hydroxylation is 3. The topological polar surface area (TPSA) is 79.2 Å². The van der Waals surface area contributed by atoms with E-state index in [0.717, 1.165) is 33.0 Å². The second-order valence-corrected chi connectivity index (χ2v) is 7.62. The number of benzene rings is 2. The third-order valence-corrected chi connectivity index (χ3v) is 5.61. The third-order valence-electron chi connectivity index (χ3n) is 4.74. The molecule has 0 amide bonds. The van der Waals surface area contributed by atoms with Crippen LogP contribution in [0.5, 0.6) is 5.75 Å². The van der Waals surface area contributed by atoms with Crippen molar-refractivity contribution in [2.75, 3.05) is 0 Å². The van der Waals surface area contributed by atoms with Crippen molar-refractivity contribution in [1.29, 1.82) is 0 Å². The van der Waals surface area contributed by atoms with E-state index in [1.54, 1.807) is 12.4 Å². The average Bonchev–Trinajstić information content (AvgIpc) is 3.35. The number of rotatable bonds is 5. The van der Waals surface area contributed by atoms with Gasteiger partial charge in [-0.25, -0.2) is 4.79 Å². The number of hydrogen-bond donors (Lipinski definition) is 0. The second kappa shape index (κ2) is 7.93. The monoisotopic (exact) mass is 418 g/mol. The minimum Gasteiger partial charge on any atom is -0.489 e. The second-order valence-electron chi connectivity index (χ2n) is 6.76. The van der Waals surface area contributed by atoms with Crippen LogP contribution in [0, 0.1) is 20.4 Å². The van der Waals surface area contributed by atoms with Crippen molar-refractivity contribution in [2.45, 2.75) is 20.5 Å². The van der Waals surface area contributed by atoms with E-state index in [4.69, 9.17) is 11.3 Å². The van der Waals surface area contributed by atoms with Crippen molar-refractivity contribution in [3.63, 3.8) is 0 Å². The van der Waals surface area contributed by atoms with E-state index in [-0.39, 0.29) is 12.3 Å².